The Balaban J connectivity index is 1.57. The van der Waals surface area contributed by atoms with E-state index in [1.807, 2.05) is 4.90 Å². The molecule has 3 aromatic rings. The van der Waals surface area contributed by atoms with Crippen LogP contribution in [0, 0.1) is 11.2 Å². The summed E-state index contributed by atoms with van der Waals surface area (Å²) in [6.07, 6.45) is 4.04. The number of aromatic nitrogens is 2. The van der Waals surface area contributed by atoms with E-state index in [1.165, 1.54) is 36.4 Å². The molecule has 4 N–H and O–H groups in total. The Morgan fingerprint density at radius 2 is 1.67 bits per heavy atom. The van der Waals surface area contributed by atoms with Crippen LogP contribution >= 0.6 is 0 Å². The number of carbonyl (C=O) groups excluding carboxylic acids is 1. The van der Waals surface area contributed by atoms with Gasteiger partial charge in [0.1, 0.15) is 11.5 Å². The first kappa shape index (κ1) is 30.8. The highest BCUT2D eigenvalue weighted by Crippen LogP contribution is 2.34. The molecule has 13 heteroatoms. The Labute approximate surface area is 244 Å². The fourth-order valence-electron chi connectivity index (χ4n) is 4.81. The largest absolute Gasteiger partial charge is 0.481 e. The summed E-state index contributed by atoms with van der Waals surface area (Å²) in [5.74, 6) is -2.58. The number of carbonyl (C=O) groups is 2. The highest BCUT2D eigenvalue weighted by molar-refractivity contribution is 7.89. The SMILES string of the molecule is CC(C)(C)C(CC(=O)O)(NC(=O)c1cc(N2CCC(Nc3ncccn3)CC2)ccc1F)NS(=O)(=O)c1ccccc1. The van der Waals surface area contributed by atoms with Crippen molar-refractivity contribution in [3.05, 3.63) is 78.4 Å². The molecule has 0 aliphatic carbocycles. The molecule has 1 fully saturated rings. The van der Waals surface area contributed by atoms with Crippen LogP contribution in [0.1, 0.15) is 50.4 Å². The van der Waals surface area contributed by atoms with Crippen molar-refractivity contribution < 1.29 is 27.5 Å². The van der Waals surface area contributed by atoms with Gasteiger partial charge in [0, 0.05) is 42.6 Å². The Kier molecular flexibility index (Phi) is 9.12. The van der Waals surface area contributed by atoms with Crippen molar-refractivity contribution in [1.82, 2.24) is 20.0 Å². The van der Waals surface area contributed by atoms with E-state index in [0.29, 0.717) is 24.7 Å². The van der Waals surface area contributed by atoms with Crippen molar-refractivity contribution >= 4 is 33.5 Å². The summed E-state index contributed by atoms with van der Waals surface area (Å²) in [7, 11) is -4.28. The number of carboxylic acids is 1. The van der Waals surface area contributed by atoms with E-state index in [4.69, 9.17) is 0 Å². The maximum Gasteiger partial charge on any atom is 0.307 e. The average Bonchev–Trinajstić information content (AvgIpc) is 2.93. The van der Waals surface area contributed by atoms with Gasteiger partial charge < -0.3 is 20.6 Å². The molecule has 1 atom stereocenters. The van der Waals surface area contributed by atoms with Crippen LogP contribution in [-0.4, -0.2) is 60.2 Å². The maximum absolute atomic E-state index is 15.1. The Morgan fingerprint density at radius 3 is 2.26 bits per heavy atom. The molecule has 1 aliphatic rings. The molecule has 1 amide bonds. The molecule has 4 rings (SSSR count). The topological polar surface area (TPSA) is 154 Å². The van der Waals surface area contributed by atoms with Crippen molar-refractivity contribution in [2.45, 2.75) is 56.6 Å². The number of nitrogens with one attached hydrogen (secondary N) is 3. The third kappa shape index (κ3) is 7.21. The van der Waals surface area contributed by atoms with Gasteiger partial charge in [0.15, 0.2) is 0 Å². The van der Waals surface area contributed by atoms with E-state index in [1.54, 1.807) is 51.4 Å². The van der Waals surface area contributed by atoms with Crippen LogP contribution in [0.25, 0.3) is 0 Å². The molecule has 2 heterocycles. The average molecular weight is 599 g/mol. The van der Waals surface area contributed by atoms with Crippen LogP contribution in [0.3, 0.4) is 0 Å². The van der Waals surface area contributed by atoms with Gasteiger partial charge in [-0.15, -0.1) is 0 Å². The summed E-state index contributed by atoms with van der Waals surface area (Å²) >= 11 is 0. The number of rotatable bonds is 10. The molecule has 0 radical (unpaired) electrons. The lowest BCUT2D eigenvalue weighted by atomic mass is 9.78. The van der Waals surface area contributed by atoms with E-state index >= 15 is 4.39 Å². The molecular weight excluding hydrogens is 563 g/mol. The van der Waals surface area contributed by atoms with E-state index < -0.39 is 45.2 Å². The summed E-state index contributed by atoms with van der Waals surface area (Å²) in [6, 6.07) is 13.4. The van der Waals surface area contributed by atoms with Gasteiger partial charge in [-0.1, -0.05) is 39.0 Å². The first-order valence-corrected chi connectivity index (χ1v) is 15.0. The first-order chi connectivity index (χ1) is 19.8. The van der Waals surface area contributed by atoms with Crippen molar-refractivity contribution in [1.29, 1.82) is 0 Å². The minimum absolute atomic E-state index is 0.108. The third-order valence-corrected chi connectivity index (χ3v) is 8.85. The van der Waals surface area contributed by atoms with Gasteiger partial charge in [0.05, 0.1) is 16.9 Å². The predicted octanol–water partition coefficient (Wildman–Crippen LogP) is 3.62. The van der Waals surface area contributed by atoms with Crippen molar-refractivity contribution in [3.8, 4) is 0 Å². The van der Waals surface area contributed by atoms with Gasteiger partial charge >= 0.3 is 5.97 Å². The maximum atomic E-state index is 15.1. The van der Waals surface area contributed by atoms with Crippen LogP contribution in [0.4, 0.5) is 16.0 Å². The second kappa shape index (κ2) is 12.4. The van der Waals surface area contributed by atoms with Crippen molar-refractivity contribution in [2.24, 2.45) is 5.41 Å². The number of hydrogen-bond donors (Lipinski definition) is 4. The zero-order chi connectivity index (χ0) is 30.5. The van der Waals surface area contributed by atoms with E-state index in [9.17, 15) is 23.1 Å². The number of nitrogens with zero attached hydrogens (tertiary/aromatic N) is 3. The molecule has 2 aromatic carbocycles. The van der Waals surface area contributed by atoms with Gasteiger partial charge in [-0.05, 0) is 49.2 Å². The van der Waals surface area contributed by atoms with Crippen LogP contribution < -0.4 is 20.3 Å². The van der Waals surface area contributed by atoms with Gasteiger partial charge in [-0.2, -0.15) is 4.72 Å². The Bertz CT molecular complexity index is 1510. The van der Waals surface area contributed by atoms with Crippen LogP contribution in [0.5, 0.6) is 0 Å². The number of hydrogen-bond acceptors (Lipinski definition) is 8. The van der Waals surface area contributed by atoms with Crippen LogP contribution in [0.15, 0.2) is 71.9 Å². The van der Waals surface area contributed by atoms with Crippen molar-refractivity contribution in [3.63, 3.8) is 0 Å². The number of aliphatic carboxylic acids is 1. The molecule has 1 unspecified atom stereocenters. The second-order valence-corrected chi connectivity index (χ2v) is 12.9. The van der Waals surface area contributed by atoms with Gasteiger partial charge in [-0.25, -0.2) is 22.8 Å². The first-order valence-electron chi connectivity index (χ1n) is 13.5. The number of benzene rings is 2. The summed E-state index contributed by atoms with van der Waals surface area (Å²) in [4.78, 5) is 35.9. The summed E-state index contributed by atoms with van der Waals surface area (Å²) in [5, 5.41) is 15.6. The van der Waals surface area contributed by atoms with Gasteiger partial charge in [0.2, 0.25) is 16.0 Å². The summed E-state index contributed by atoms with van der Waals surface area (Å²) < 4.78 is 44.1. The predicted molar refractivity (Wildman–Crippen MR) is 156 cm³/mol. The van der Waals surface area contributed by atoms with E-state index in [0.717, 1.165) is 12.8 Å². The van der Waals surface area contributed by atoms with Gasteiger partial charge in [0.25, 0.3) is 5.91 Å². The molecule has 1 aliphatic heterocycles. The lowest BCUT2D eigenvalue weighted by molar-refractivity contribution is -0.140. The normalized spacial score (nSPS) is 16.0. The number of carboxylic acid groups (broad SMARTS) is 1. The fourth-order valence-corrected chi connectivity index (χ4v) is 6.33. The van der Waals surface area contributed by atoms with Crippen LogP contribution in [0.2, 0.25) is 0 Å². The standard InChI is InChI=1S/C29H35FN6O5S/c1-28(2,3)29(19-25(37)38,35-42(40,41)22-8-5-4-6-9-22)34-26(39)23-18-21(10-11-24(23)30)36-16-12-20(13-17-36)33-27-31-14-7-15-32-27/h4-11,14-15,18,20,35H,12-13,16-17,19H2,1-3H3,(H,34,39)(H,37,38)(H,31,32,33). The lowest BCUT2D eigenvalue weighted by Crippen LogP contribution is -2.68. The number of halogens is 1. The highest BCUT2D eigenvalue weighted by Gasteiger charge is 2.48. The molecule has 0 saturated carbocycles. The molecule has 0 bridgehead atoms. The smallest absolute Gasteiger partial charge is 0.307 e. The summed E-state index contributed by atoms with van der Waals surface area (Å²) in [6.45, 7) is 6.03. The molecule has 1 saturated heterocycles. The quantitative estimate of drug-likeness (QED) is 0.256. The lowest BCUT2D eigenvalue weighted by Gasteiger charge is -2.44. The Morgan fingerprint density at radius 1 is 1.02 bits per heavy atom. The van der Waals surface area contributed by atoms with Gasteiger partial charge in [-0.3, -0.25) is 9.59 Å². The Hall–Kier alpha value is -4.10. The zero-order valence-electron chi connectivity index (χ0n) is 23.7. The van der Waals surface area contributed by atoms with E-state index in [2.05, 4.69) is 25.3 Å². The minimum Gasteiger partial charge on any atom is -0.481 e. The molecular formula is C29H35FN6O5S. The molecule has 224 valence electrons. The third-order valence-electron chi connectivity index (χ3n) is 7.34. The number of amides is 1. The fraction of sp³-hybridized carbons (Fsp3) is 0.379. The number of sulfonamides is 1. The van der Waals surface area contributed by atoms with E-state index in [-0.39, 0.29) is 16.5 Å². The summed E-state index contributed by atoms with van der Waals surface area (Å²) in [5.41, 5.74) is -2.87. The van der Waals surface area contributed by atoms with Crippen LogP contribution in [-0.2, 0) is 14.8 Å². The monoisotopic (exact) mass is 598 g/mol. The molecule has 1 aromatic heterocycles. The number of anilines is 2. The minimum atomic E-state index is -4.28. The van der Waals surface area contributed by atoms with Crippen molar-refractivity contribution in [2.75, 3.05) is 23.3 Å². The molecule has 11 nitrogen and oxygen atoms in total. The molecule has 42 heavy (non-hydrogen) atoms. The zero-order valence-corrected chi connectivity index (χ0v) is 24.5. The number of piperidine rings is 1. The highest BCUT2D eigenvalue weighted by atomic mass is 32.2. The second-order valence-electron chi connectivity index (χ2n) is 11.2. The molecule has 0 spiro atoms.